The predicted octanol–water partition coefficient (Wildman–Crippen LogP) is 2.41. The van der Waals surface area contributed by atoms with Gasteiger partial charge in [0.25, 0.3) is 5.91 Å². The van der Waals surface area contributed by atoms with Crippen LogP contribution in [-0.2, 0) is 4.79 Å². The van der Waals surface area contributed by atoms with Crippen molar-refractivity contribution in [3.8, 4) is 0 Å². The van der Waals surface area contributed by atoms with E-state index in [1.165, 1.54) is 12.1 Å². The Morgan fingerprint density at radius 3 is 2.40 bits per heavy atom. The van der Waals surface area contributed by atoms with Crippen LogP contribution in [0.15, 0.2) is 24.3 Å². The second-order valence-electron chi connectivity index (χ2n) is 6.46. The standard InChI is InChI=1S/C19H28FN3O2/c20-17-9-5-4-8-16(17)19(25)23-13-7-12-22(14-15-23)18(24)10-3-1-2-6-11-21/h4-5,8-9H,1-3,6-7,10-15,21H2. The Morgan fingerprint density at radius 1 is 0.960 bits per heavy atom. The molecule has 138 valence electrons. The summed E-state index contributed by atoms with van der Waals surface area (Å²) in [4.78, 5) is 28.3. The Hall–Kier alpha value is -1.95. The molecule has 2 amide bonds. The zero-order valence-electron chi connectivity index (χ0n) is 14.8. The molecule has 1 fully saturated rings. The molecular formula is C19H28FN3O2. The molecule has 0 atom stereocenters. The van der Waals surface area contributed by atoms with Gasteiger partial charge < -0.3 is 15.5 Å². The minimum absolute atomic E-state index is 0.0992. The molecule has 0 aromatic heterocycles. The third-order valence-electron chi connectivity index (χ3n) is 4.58. The molecule has 2 N–H and O–H groups in total. The van der Waals surface area contributed by atoms with E-state index in [9.17, 15) is 14.0 Å². The first-order valence-electron chi connectivity index (χ1n) is 9.15. The Balaban J connectivity index is 1.82. The van der Waals surface area contributed by atoms with Gasteiger partial charge in [0.1, 0.15) is 5.82 Å². The van der Waals surface area contributed by atoms with Gasteiger partial charge in [-0.1, -0.05) is 25.0 Å². The second kappa shape index (κ2) is 10.1. The first-order chi connectivity index (χ1) is 12.1. The first-order valence-corrected chi connectivity index (χ1v) is 9.15. The molecule has 1 aromatic rings. The summed E-state index contributed by atoms with van der Waals surface area (Å²) in [6.07, 6.45) is 5.24. The molecule has 1 aliphatic heterocycles. The van der Waals surface area contributed by atoms with Crippen LogP contribution < -0.4 is 5.73 Å². The highest BCUT2D eigenvalue weighted by atomic mass is 19.1. The summed E-state index contributed by atoms with van der Waals surface area (Å²) in [5.74, 6) is -0.649. The zero-order valence-corrected chi connectivity index (χ0v) is 14.8. The quantitative estimate of drug-likeness (QED) is 0.769. The van der Waals surface area contributed by atoms with Crippen molar-refractivity contribution in [3.05, 3.63) is 35.6 Å². The smallest absolute Gasteiger partial charge is 0.256 e. The molecule has 5 nitrogen and oxygen atoms in total. The van der Waals surface area contributed by atoms with Crippen LogP contribution in [0.1, 0.15) is 48.9 Å². The molecule has 1 aliphatic rings. The van der Waals surface area contributed by atoms with E-state index in [4.69, 9.17) is 5.73 Å². The lowest BCUT2D eigenvalue weighted by Crippen LogP contribution is -2.37. The van der Waals surface area contributed by atoms with Crippen molar-refractivity contribution < 1.29 is 14.0 Å². The third-order valence-corrected chi connectivity index (χ3v) is 4.58. The number of carbonyl (C=O) groups is 2. The summed E-state index contributed by atoms with van der Waals surface area (Å²) >= 11 is 0. The molecule has 0 radical (unpaired) electrons. The lowest BCUT2D eigenvalue weighted by atomic mass is 10.1. The van der Waals surface area contributed by atoms with Gasteiger partial charge >= 0.3 is 0 Å². The van der Waals surface area contributed by atoms with Crippen molar-refractivity contribution in [3.63, 3.8) is 0 Å². The number of halogens is 1. The van der Waals surface area contributed by atoms with Crippen LogP contribution in [0.3, 0.4) is 0 Å². The summed E-state index contributed by atoms with van der Waals surface area (Å²) in [6.45, 7) is 2.87. The van der Waals surface area contributed by atoms with Gasteiger partial charge in [-0.15, -0.1) is 0 Å². The van der Waals surface area contributed by atoms with Crippen LogP contribution in [0.25, 0.3) is 0 Å². The minimum Gasteiger partial charge on any atom is -0.341 e. The molecular weight excluding hydrogens is 321 g/mol. The van der Waals surface area contributed by atoms with Crippen LogP contribution in [0, 0.1) is 5.82 Å². The molecule has 1 heterocycles. The van der Waals surface area contributed by atoms with Crippen LogP contribution in [0.4, 0.5) is 4.39 Å². The second-order valence-corrected chi connectivity index (χ2v) is 6.46. The van der Waals surface area contributed by atoms with Crippen molar-refractivity contribution in [2.45, 2.75) is 38.5 Å². The Kier molecular flexibility index (Phi) is 7.85. The summed E-state index contributed by atoms with van der Waals surface area (Å²) in [7, 11) is 0. The average molecular weight is 349 g/mol. The van der Waals surface area contributed by atoms with Crippen molar-refractivity contribution in [2.75, 3.05) is 32.7 Å². The number of nitrogens with two attached hydrogens (primary N) is 1. The van der Waals surface area contributed by atoms with Gasteiger partial charge in [0.05, 0.1) is 5.56 Å². The van der Waals surface area contributed by atoms with E-state index in [-0.39, 0.29) is 17.4 Å². The number of carbonyl (C=O) groups excluding carboxylic acids is 2. The van der Waals surface area contributed by atoms with E-state index in [0.29, 0.717) is 39.1 Å². The fourth-order valence-electron chi connectivity index (χ4n) is 3.11. The van der Waals surface area contributed by atoms with Crippen molar-refractivity contribution in [2.24, 2.45) is 5.73 Å². The van der Waals surface area contributed by atoms with Crippen molar-refractivity contribution in [1.29, 1.82) is 0 Å². The molecule has 25 heavy (non-hydrogen) atoms. The maximum absolute atomic E-state index is 13.8. The highest BCUT2D eigenvalue weighted by molar-refractivity contribution is 5.94. The van der Waals surface area contributed by atoms with Gasteiger partial charge in [0.15, 0.2) is 0 Å². The molecule has 0 saturated carbocycles. The first kappa shape index (κ1) is 19.4. The number of benzene rings is 1. The number of rotatable bonds is 7. The summed E-state index contributed by atoms with van der Waals surface area (Å²) in [6, 6.07) is 6.04. The topological polar surface area (TPSA) is 66.6 Å². The van der Waals surface area contributed by atoms with Gasteiger partial charge in [-0.05, 0) is 37.9 Å². The SMILES string of the molecule is NCCCCCCC(=O)N1CCCN(C(=O)c2ccccc2F)CC1. The molecule has 6 heteroatoms. The van der Waals surface area contributed by atoms with E-state index < -0.39 is 5.82 Å². The minimum atomic E-state index is -0.498. The number of nitrogens with zero attached hydrogens (tertiary/aromatic N) is 2. The number of hydrogen-bond acceptors (Lipinski definition) is 3. The predicted molar refractivity (Wildman–Crippen MR) is 95.6 cm³/mol. The third kappa shape index (κ3) is 5.81. The fourth-order valence-corrected chi connectivity index (χ4v) is 3.11. The Labute approximate surface area is 149 Å². The molecule has 0 bridgehead atoms. The van der Waals surface area contributed by atoms with Crippen LogP contribution in [-0.4, -0.2) is 54.3 Å². The van der Waals surface area contributed by atoms with E-state index in [1.807, 2.05) is 4.90 Å². The van der Waals surface area contributed by atoms with E-state index in [0.717, 1.165) is 32.1 Å². The summed E-state index contributed by atoms with van der Waals surface area (Å²) in [5.41, 5.74) is 5.56. The van der Waals surface area contributed by atoms with Gasteiger partial charge in [-0.3, -0.25) is 9.59 Å². The Morgan fingerprint density at radius 2 is 1.64 bits per heavy atom. The Bertz CT molecular complexity index is 580. The average Bonchev–Trinajstić information content (AvgIpc) is 2.87. The lowest BCUT2D eigenvalue weighted by Gasteiger charge is -2.22. The van der Waals surface area contributed by atoms with Gasteiger partial charge in [0, 0.05) is 32.6 Å². The van der Waals surface area contributed by atoms with E-state index in [2.05, 4.69) is 0 Å². The van der Waals surface area contributed by atoms with Crippen LogP contribution in [0.2, 0.25) is 0 Å². The van der Waals surface area contributed by atoms with Crippen molar-refractivity contribution >= 4 is 11.8 Å². The molecule has 0 unspecified atom stereocenters. The highest BCUT2D eigenvalue weighted by Gasteiger charge is 2.23. The molecule has 0 aliphatic carbocycles. The largest absolute Gasteiger partial charge is 0.341 e. The van der Waals surface area contributed by atoms with Gasteiger partial charge in [-0.25, -0.2) is 4.39 Å². The maximum atomic E-state index is 13.8. The number of unbranched alkanes of at least 4 members (excludes halogenated alkanes) is 3. The van der Waals surface area contributed by atoms with Crippen molar-refractivity contribution in [1.82, 2.24) is 9.80 Å². The normalized spacial score (nSPS) is 15.1. The number of amides is 2. The van der Waals surface area contributed by atoms with Gasteiger partial charge in [-0.2, -0.15) is 0 Å². The summed E-state index contributed by atoms with van der Waals surface area (Å²) in [5, 5.41) is 0. The fraction of sp³-hybridized carbons (Fsp3) is 0.579. The summed E-state index contributed by atoms with van der Waals surface area (Å²) < 4.78 is 13.8. The molecule has 2 rings (SSSR count). The van der Waals surface area contributed by atoms with Gasteiger partial charge in [0.2, 0.25) is 5.91 Å². The monoisotopic (exact) mass is 349 g/mol. The van der Waals surface area contributed by atoms with Crippen LogP contribution in [0.5, 0.6) is 0 Å². The molecule has 1 saturated heterocycles. The van der Waals surface area contributed by atoms with Crippen LogP contribution >= 0.6 is 0 Å². The zero-order chi connectivity index (χ0) is 18.1. The van der Waals surface area contributed by atoms with E-state index in [1.54, 1.807) is 17.0 Å². The number of hydrogen-bond donors (Lipinski definition) is 1. The lowest BCUT2D eigenvalue weighted by molar-refractivity contribution is -0.131. The molecule has 0 spiro atoms. The molecule has 1 aromatic carbocycles. The maximum Gasteiger partial charge on any atom is 0.256 e. The highest BCUT2D eigenvalue weighted by Crippen LogP contribution is 2.14. The van der Waals surface area contributed by atoms with E-state index >= 15 is 0 Å².